The van der Waals surface area contributed by atoms with Gasteiger partial charge in [0.05, 0.1) is 12.6 Å². The van der Waals surface area contributed by atoms with Crippen LogP contribution in [0.2, 0.25) is 0 Å². The van der Waals surface area contributed by atoms with Gasteiger partial charge in [0.1, 0.15) is 6.17 Å². The van der Waals surface area contributed by atoms with Crippen molar-refractivity contribution >= 4 is 11.8 Å². The molecule has 0 bridgehead atoms. The number of benzene rings is 2. The Kier molecular flexibility index (Phi) is 7.63. The Bertz CT molecular complexity index is 1160. The topological polar surface area (TPSA) is 52.7 Å². The number of amides is 2. The molecule has 1 spiro atoms. The Balaban J connectivity index is 1.47. The van der Waals surface area contributed by atoms with Crippen molar-refractivity contribution in [2.45, 2.75) is 70.5 Å². The Morgan fingerprint density at radius 2 is 1.71 bits per heavy atom. The van der Waals surface area contributed by atoms with E-state index in [0.717, 1.165) is 25.9 Å². The Hall–Kier alpha value is -2.73. The van der Waals surface area contributed by atoms with E-state index in [4.69, 9.17) is 0 Å². The number of hydrogen-bond acceptors (Lipinski definition) is 3. The van der Waals surface area contributed by atoms with Crippen LogP contribution in [0.1, 0.15) is 86.6 Å². The van der Waals surface area contributed by atoms with E-state index in [0.29, 0.717) is 25.3 Å². The molecule has 0 radical (unpaired) electrons. The Morgan fingerprint density at radius 1 is 1.03 bits per heavy atom. The van der Waals surface area contributed by atoms with Crippen molar-refractivity contribution in [1.82, 2.24) is 15.1 Å². The summed E-state index contributed by atoms with van der Waals surface area (Å²) in [5, 5.41) is 3.55. The second kappa shape index (κ2) is 10.8. The highest BCUT2D eigenvalue weighted by Gasteiger charge is 2.57. The molecule has 2 heterocycles. The number of likely N-dealkylation sites (tertiary alicyclic amines) is 2. The number of halogens is 1. The van der Waals surface area contributed by atoms with Gasteiger partial charge < -0.3 is 15.1 Å². The minimum Gasteiger partial charge on any atom is -0.342 e. The molecule has 4 atom stereocenters. The largest absolute Gasteiger partial charge is 0.342 e. The van der Waals surface area contributed by atoms with E-state index in [1.54, 1.807) is 11.8 Å². The molecule has 2 aromatic carbocycles. The molecule has 2 aromatic rings. The lowest BCUT2D eigenvalue weighted by molar-refractivity contribution is -0.145. The van der Waals surface area contributed by atoms with Gasteiger partial charge in [-0.05, 0) is 66.3 Å². The van der Waals surface area contributed by atoms with E-state index in [2.05, 4.69) is 67.7 Å². The van der Waals surface area contributed by atoms with Crippen molar-refractivity contribution < 1.29 is 14.0 Å². The second-order valence-electron chi connectivity index (χ2n) is 12.1. The molecule has 3 fully saturated rings. The second-order valence-corrected chi connectivity index (χ2v) is 12.1. The molecule has 2 saturated heterocycles. The van der Waals surface area contributed by atoms with Crippen molar-refractivity contribution in [3.05, 3.63) is 70.8 Å². The van der Waals surface area contributed by atoms with Gasteiger partial charge in [0.2, 0.25) is 11.8 Å². The highest BCUT2D eigenvalue weighted by Crippen LogP contribution is 2.58. The molecule has 1 saturated carbocycles. The summed E-state index contributed by atoms with van der Waals surface area (Å²) >= 11 is 0. The molecular formula is C32H42FN3O2. The van der Waals surface area contributed by atoms with E-state index < -0.39 is 6.17 Å². The number of rotatable bonds is 7. The van der Waals surface area contributed by atoms with Crippen LogP contribution < -0.4 is 5.32 Å². The van der Waals surface area contributed by atoms with Gasteiger partial charge in [0, 0.05) is 38.4 Å². The molecule has 1 N–H and O–H groups in total. The first-order chi connectivity index (χ1) is 18.2. The molecule has 0 aromatic heterocycles. The Labute approximate surface area is 226 Å². The lowest BCUT2D eigenvalue weighted by Crippen LogP contribution is -2.60. The third kappa shape index (κ3) is 5.00. The predicted octanol–water partition coefficient (Wildman–Crippen LogP) is 5.42. The number of carbonyl (C=O) groups is 2. The van der Waals surface area contributed by atoms with E-state index in [-0.39, 0.29) is 41.7 Å². The maximum absolute atomic E-state index is 13.9. The summed E-state index contributed by atoms with van der Waals surface area (Å²) in [4.78, 5) is 29.1. The summed E-state index contributed by atoms with van der Waals surface area (Å²) in [6, 6.07) is 17.6. The van der Waals surface area contributed by atoms with Crippen molar-refractivity contribution in [3.63, 3.8) is 0 Å². The van der Waals surface area contributed by atoms with Crippen LogP contribution in [0.4, 0.5) is 4.39 Å². The average Bonchev–Trinajstić information content (AvgIpc) is 3.48. The zero-order valence-corrected chi connectivity index (χ0v) is 23.3. The molecule has 6 heteroatoms. The highest BCUT2D eigenvalue weighted by atomic mass is 19.1. The molecule has 204 valence electrons. The molecule has 1 aliphatic carbocycles. The molecule has 2 amide bonds. The minimum atomic E-state index is -0.914. The highest BCUT2D eigenvalue weighted by molar-refractivity contribution is 5.78. The van der Waals surface area contributed by atoms with Crippen LogP contribution in [0.5, 0.6) is 0 Å². The quantitative estimate of drug-likeness (QED) is 0.531. The van der Waals surface area contributed by atoms with Gasteiger partial charge >= 0.3 is 0 Å². The van der Waals surface area contributed by atoms with Gasteiger partial charge in [0.25, 0.3) is 0 Å². The molecule has 2 unspecified atom stereocenters. The number of alkyl halides is 1. The summed E-state index contributed by atoms with van der Waals surface area (Å²) in [6.07, 6.45) is 1.95. The zero-order chi connectivity index (χ0) is 27.0. The van der Waals surface area contributed by atoms with Gasteiger partial charge in [-0.2, -0.15) is 0 Å². The summed E-state index contributed by atoms with van der Waals surface area (Å²) in [5.74, 6) is 1.00. The smallest absolute Gasteiger partial charge is 0.222 e. The van der Waals surface area contributed by atoms with Crippen LogP contribution in [-0.4, -0.2) is 61.0 Å². The lowest BCUT2D eigenvalue weighted by atomic mass is 9.66. The van der Waals surface area contributed by atoms with Gasteiger partial charge in [-0.25, -0.2) is 4.39 Å². The third-order valence-corrected chi connectivity index (χ3v) is 9.49. The fourth-order valence-electron chi connectivity index (χ4n) is 7.26. The van der Waals surface area contributed by atoms with Crippen LogP contribution in [0.25, 0.3) is 0 Å². The number of nitrogens with one attached hydrogen (secondary N) is 1. The molecular weight excluding hydrogens is 477 g/mol. The van der Waals surface area contributed by atoms with Gasteiger partial charge in [-0.1, -0.05) is 62.4 Å². The third-order valence-electron chi connectivity index (χ3n) is 9.49. The molecule has 5 nitrogen and oxygen atoms in total. The fourth-order valence-corrected chi connectivity index (χ4v) is 7.26. The van der Waals surface area contributed by atoms with Crippen LogP contribution in [0, 0.1) is 11.3 Å². The number of carbonyl (C=O) groups excluding carboxylic acids is 2. The van der Waals surface area contributed by atoms with Crippen LogP contribution in [-0.2, 0) is 9.59 Å². The first-order valence-corrected chi connectivity index (χ1v) is 14.3. The van der Waals surface area contributed by atoms with Gasteiger partial charge in [0.15, 0.2) is 0 Å². The van der Waals surface area contributed by atoms with Crippen molar-refractivity contribution in [2.75, 3.05) is 33.2 Å². The predicted molar refractivity (Wildman–Crippen MR) is 149 cm³/mol. The summed E-state index contributed by atoms with van der Waals surface area (Å²) < 4.78 is 13.9. The molecule has 5 rings (SSSR count). The number of nitrogens with zero attached hydrogens (tertiary/aromatic N) is 2. The maximum Gasteiger partial charge on any atom is 0.222 e. The lowest BCUT2D eigenvalue weighted by Gasteiger charge is -2.52. The monoisotopic (exact) mass is 519 g/mol. The molecule has 2 aliphatic heterocycles. The van der Waals surface area contributed by atoms with Crippen LogP contribution >= 0.6 is 0 Å². The van der Waals surface area contributed by atoms with E-state index in [9.17, 15) is 14.0 Å². The van der Waals surface area contributed by atoms with Crippen molar-refractivity contribution in [2.24, 2.45) is 11.3 Å². The van der Waals surface area contributed by atoms with Crippen molar-refractivity contribution in [1.29, 1.82) is 0 Å². The van der Waals surface area contributed by atoms with E-state index >= 15 is 0 Å². The molecule has 3 aliphatic rings. The van der Waals surface area contributed by atoms with Crippen LogP contribution in [0.3, 0.4) is 0 Å². The first-order valence-electron chi connectivity index (χ1n) is 14.3. The first kappa shape index (κ1) is 26.9. The summed E-state index contributed by atoms with van der Waals surface area (Å²) in [7, 11) is 2.01. The van der Waals surface area contributed by atoms with E-state index in [1.807, 2.05) is 11.9 Å². The van der Waals surface area contributed by atoms with Crippen molar-refractivity contribution in [3.8, 4) is 0 Å². The summed E-state index contributed by atoms with van der Waals surface area (Å²) in [6.45, 7) is 8.21. The zero-order valence-electron chi connectivity index (χ0n) is 23.3. The Morgan fingerprint density at radius 3 is 2.32 bits per heavy atom. The minimum absolute atomic E-state index is 0.0397. The molecule has 38 heavy (non-hydrogen) atoms. The van der Waals surface area contributed by atoms with Gasteiger partial charge in [-0.15, -0.1) is 0 Å². The average molecular weight is 520 g/mol. The van der Waals surface area contributed by atoms with E-state index in [1.165, 1.54) is 22.3 Å². The standard InChI is InChI=1S/C32H42FN3O2/c1-21(2)23-9-11-24(12-10-23)31(34-4)28-8-6-5-7-26(28)27-13-15-32(19-36(20-32)22(3)37)29(27)17-30(38)35-16-14-25(33)18-35/h5-12,21,25,27,29,31,34H,13-20H2,1-4H3/t25-,27?,29?,31-/m1/s1. The number of hydrogen-bond donors (Lipinski definition) is 1. The maximum atomic E-state index is 13.9. The SMILES string of the molecule is CN[C@H](c1ccc(C(C)C)cc1)c1ccccc1C1CCC2(CN(C(C)=O)C2)C1CC(=O)N1CC[C@@H](F)C1. The fraction of sp³-hybridized carbons (Fsp3) is 0.562. The van der Waals surface area contributed by atoms with Gasteiger partial charge in [-0.3, -0.25) is 9.59 Å². The van der Waals surface area contributed by atoms with Crippen LogP contribution in [0.15, 0.2) is 48.5 Å². The normalized spacial score (nSPS) is 25.2. The summed E-state index contributed by atoms with van der Waals surface area (Å²) in [5.41, 5.74) is 5.05.